The number of benzene rings is 1. The third-order valence-corrected chi connectivity index (χ3v) is 3.37. The Morgan fingerprint density at radius 2 is 2.31 bits per heavy atom. The summed E-state index contributed by atoms with van der Waals surface area (Å²) in [7, 11) is 0. The van der Waals surface area contributed by atoms with E-state index in [9.17, 15) is 4.39 Å². The maximum absolute atomic E-state index is 13.2. The molecule has 1 atom stereocenters. The van der Waals surface area contributed by atoms with Crippen LogP contribution in [0, 0.1) is 5.82 Å². The molecule has 0 amide bonds. The van der Waals surface area contributed by atoms with Gasteiger partial charge >= 0.3 is 0 Å². The maximum atomic E-state index is 13.2. The Morgan fingerprint density at radius 1 is 1.44 bits per heavy atom. The van der Waals surface area contributed by atoms with Crippen molar-refractivity contribution in [1.29, 1.82) is 0 Å². The second kappa shape index (κ2) is 5.44. The van der Waals surface area contributed by atoms with Gasteiger partial charge in [0.25, 0.3) is 0 Å². The quantitative estimate of drug-likeness (QED) is 0.756. The fourth-order valence-electron chi connectivity index (χ4n) is 2.61. The number of rotatable bonds is 3. The number of likely N-dealkylation sites (tertiary alicyclic amines) is 1. The smallest absolute Gasteiger partial charge is 0.123 e. The summed E-state index contributed by atoms with van der Waals surface area (Å²) in [6.45, 7) is 5.69. The normalized spacial score (nSPS) is 22.2. The highest BCUT2D eigenvalue weighted by atomic mass is 19.1. The molecule has 0 saturated carbocycles. The van der Waals surface area contributed by atoms with Gasteiger partial charge in [-0.1, -0.05) is 19.1 Å². The van der Waals surface area contributed by atoms with Gasteiger partial charge in [-0.3, -0.25) is 0 Å². The van der Waals surface area contributed by atoms with Gasteiger partial charge in [-0.2, -0.15) is 0 Å². The average molecular weight is 221 g/mol. The van der Waals surface area contributed by atoms with Crippen LogP contribution in [-0.2, 0) is 0 Å². The van der Waals surface area contributed by atoms with Crippen molar-refractivity contribution in [3.05, 3.63) is 35.6 Å². The maximum Gasteiger partial charge on any atom is 0.123 e. The van der Waals surface area contributed by atoms with E-state index in [4.69, 9.17) is 0 Å². The largest absolute Gasteiger partial charge is 0.303 e. The molecule has 0 radical (unpaired) electrons. The lowest BCUT2D eigenvalue weighted by Crippen LogP contribution is -2.34. The Bertz CT molecular complexity index is 335. The van der Waals surface area contributed by atoms with Gasteiger partial charge in [0.1, 0.15) is 5.82 Å². The van der Waals surface area contributed by atoms with Gasteiger partial charge in [-0.15, -0.1) is 0 Å². The Kier molecular flexibility index (Phi) is 3.94. The first-order chi connectivity index (χ1) is 7.79. The van der Waals surface area contributed by atoms with Gasteiger partial charge in [-0.05, 0) is 56.0 Å². The van der Waals surface area contributed by atoms with Crippen molar-refractivity contribution in [3.63, 3.8) is 0 Å². The summed E-state index contributed by atoms with van der Waals surface area (Å²) in [6, 6.07) is 7.10. The van der Waals surface area contributed by atoms with Crippen LogP contribution in [0.25, 0.3) is 0 Å². The Labute approximate surface area is 97.3 Å². The fraction of sp³-hybridized carbons (Fsp3) is 0.571. The van der Waals surface area contributed by atoms with Crippen LogP contribution < -0.4 is 0 Å². The number of hydrogen-bond donors (Lipinski definition) is 0. The van der Waals surface area contributed by atoms with E-state index in [1.165, 1.54) is 44.0 Å². The first-order valence-electron chi connectivity index (χ1n) is 6.27. The van der Waals surface area contributed by atoms with E-state index in [1.54, 1.807) is 6.07 Å². The molecule has 0 spiro atoms. The lowest BCUT2D eigenvalue weighted by Gasteiger charge is -2.32. The lowest BCUT2D eigenvalue weighted by molar-refractivity contribution is 0.208. The molecule has 88 valence electrons. The molecule has 1 fully saturated rings. The van der Waals surface area contributed by atoms with Crippen LogP contribution in [0.4, 0.5) is 4.39 Å². The molecule has 0 unspecified atom stereocenters. The minimum Gasteiger partial charge on any atom is -0.303 e. The molecule has 1 nitrogen and oxygen atoms in total. The van der Waals surface area contributed by atoms with E-state index in [0.717, 1.165) is 6.54 Å². The summed E-state index contributed by atoms with van der Waals surface area (Å²) in [4.78, 5) is 2.50. The molecule has 1 heterocycles. The second-order valence-electron chi connectivity index (χ2n) is 4.69. The van der Waals surface area contributed by atoms with Crippen molar-refractivity contribution >= 4 is 0 Å². The SMILES string of the molecule is CCCN1CCC[C@H](c2cccc(F)c2)C1. The molecule has 16 heavy (non-hydrogen) atoms. The second-order valence-corrected chi connectivity index (χ2v) is 4.69. The van der Waals surface area contributed by atoms with Crippen LogP contribution in [0.3, 0.4) is 0 Å². The van der Waals surface area contributed by atoms with Crippen molar-refractivity contribution in [2.24, 2.45) is 0 Å². The molecular weight excluding hydrogens is 201 g/mol. The third kappa shape index (κ3) is 2.82. The molecule has 0 bridgehead atoms. The molecule has 0 N–H and O–H groups in total. The highest BCUT2D eigenvalue weighted by Gasteiger charge is 2.20. The molecule has 2 rings (SSSR count). The Balaban J connectivity index is 2.03. The van der Waals surface area contributed by atoms with E-state index in [2.05, 4.69) is 17.9 Å². The Morgan fingerprint density at radius 3 is 3.06 bits per heavy atom. The van der Waals surface area contributed by atoms with Crippen molar-refractivity contribution < 1.29 is 4.39 Å². The molecule has 0 aliphatic carbocycles. The summed E-state index contributed by atoms with van der Waals surface area (Å²) < 4.78 is 13.2. The van der Waals surface area contributed by atoms with Crippen LogP contribution in [0.5, 0.6) is 0 Å². The predicted octanol–water partition coefficient (Wildman–Crippen LogP) is 3.42. The van der Waals surface area contributed by atoms with Crippen molar-refractivity contribution in [1.82, 2.24) is 4.90 Å². The first-order valence-corrected chi connectivity index (χ1v) is 6.27. The van der Waals surface area contributed by atoms with Crippen LogP contribution in [0.15, 0.2) is 24.3 Å². The summed E-state index contributed by atoms with van der Waals surface area (Å²) >= 11 is 0. The number of hydrogen-bond acceptors (Lipinski definition) is 1. The van der Waals surface area contributed by atoms with Gasteiger partial charge in [-0.25, -0.2) is 4.39 Å². The van der Waals surface area contributed by atoms with Crippen molar-refractivity contribution in [2.75, 3.05) is 19.6 Å². The van der Waals surface area contributed by atoms with Gasteiger partial charge in [0, 0.05) is 6.54 Å². The van der Waals surface area contributed by atoms with E-state index in [1.807, 2.05) is 6.07 Å². The molecule has 1 saturated heterocycles. The minimum absolute atomic E-state index is 0.106. The van der Waals surface area contributed by atoms with Crippen LogP contribution in [0.1, 0.15) is 37.7 Å². The monoisotopic (exact) mass is 221 g/mol. The number of nitrogens with zero attached hydrogens (tertiary/aromatic N) is 1. The number of halogens is 1. The van der Waals surface area contributed by atoms with Crippen molar-refractivity contribution in [2.45, 2.75) is 32.1 Å². The fourth-order valence-corrected chi connectivity index (χ4v) is 2.61. The molecular formula is C14H20FN. The molecule has 1 aromatic carbocycles. The van der Waals surface area contributed by atoms with E-state index in [-0.39, 0.29) is 5.82 Å². The standard InChI is InChI=1S/C14H20FN/c1-2-8-16-9-4-6-13(11-16)12-5-3-7-14(15)10-12/h3,5,7,10,13H,2,4,6,8-9,11H2,1H3/t13-/m0/s1. The van der Waals surface area contributed by atoms with E-state index >= 15 is 0 Å². The predicted molar refractivity (Wildman–Crippen MR) is 65.1 cm³/mol. The van der Waals surface area contributed by atoms with Crippen molar-refractivity contribution in [3.8, 4) is 0 Å². The summed E-state index contributed by atoms with van der Waals surface area (Å²) in [5, 5.41) is 0. The first kappa shape index (κ1) is 11.6. The highest BCUT2D eigenvalue weighted by molar-refractivity contribution is 5.21. The zero-order valence-electron chi connectivity index (χ0n) is 9.95. The zero-order chi connectivity index (χ0) is 11.4. The molecule has 0 aromatic heterocycles. The summed E-state index contributed by atoms with van der Waals surface area (Å²) in [5.74, 6) is 0.418. The topological polar surface area (TPSA) is 3.24 Å². The molecule has 1 aliphatic rings. The summed E-state index contributed by atoms with van der Waals surface area (Å²) in [5.41, 5.74) is 1.17. The lowest BCUT2D eigenvalue weighted by atomic mass is 9.90. The average Bonchev–Trinajstić information content (AvgIpc) is 2.30. The Hall–Kier alpha value is -0.890. The number of piperidine rings is 1. The summed E-state index contributed by atoms with van der Waals surface area (Å²) in [6.07, 6.45) is 3.64. The van der Waals surface area contributed by atoms with Gasteiger partial charge < -0.3 is 4.90 Å². The molecule has 2 heteroatoms. The zero-order valence-corrected chi connectivity index (χ0v) is 9.95. The third-order valence-electron chi connectivity index (χ3n) is 3.37. The highest BCUT2D eigenvalue weighted by Crippen LogP contribution is 2.27. The van der Waals surface area contributed by atoms with Crippen LogP contribution >= 0.6 is 0 Å². The van der Waals surface area contributed by atoms with E-state index in [0.29, 0.717) is 5.92 Å². The molecule has 1 aromatic rings. The minimum atomic E-state index is -0.106. The van der Waals surface area contributed by atoms with Crippen LogP contribution in [-0.4, -0.2) is 24.5 Å². The van der Waals surface area contributed by atoms with E-state index < -0.39 is 0 Å². The molecule has 1 aliphatic heterocycles. The van der Waals surface area contributed by atoms with Gasteiger partial charge in [0.05, 0.1) is 0 Å². The van der Waals surface area contributed by atoms with Gasteiger partial charge in [0.15, 0.2) is 0 Å². The van der Waals surface area contributed by atoms with Gasteiger partial charge in [0.2, 0.25) is 0 Å². The van der Waals surface area contributed by atoms with Crippen LogP contribution in [0.2, 0.25) is 0 Å².